The zero-order valence-electron chi connectivity index (χ0n) is 19.8. The monoisotopic (exact) mass is 503 g/mol. The summed E-state index contributed by atoms with van der Waals surface area (Å²) in [5, 5.41) is 2.98. The normalized spacial score (nSPS) is 13.7. The fraction of sp³-hybridized carbons (Fsp3) is 0.292. The molecule has 3 aromatic rings. The lowest BCUT2D eigenvalue weighted by atomic mass is 10.0. The molecular weight excluding hydrogens is 476 g/mol. The standard InChI is InChI=1S/C24H27F2N5O3S/c1-14(2)23(27)24(32)31-35(4,33)13-15-7-8-28-21(9-15)30-22-11-18(19(26)12-29-22)17-6-5-16(25)10-20(17)34-3/h5-12,14,23H,13,27H2,1-4H3,(H,28,29,30)/t23-,35-/m0/s1. The maximum Gasteiger partial charge on any atom is 0.270 e. The van der Waals surface area contributed by atoms with Gasteiger partial charge in [-0.15, -0.1) is 0 Å². The molecule has 0 unspecified atom stereocenters. The Kier molecular flexibility index (Phi) is 8.13. The molecule has 0 saturated carbocycles. The van der Waals surface area contributed by atoms with Gasteiger partial charge < -0.3 is 15.8 Å². The number of ether oxygens (including phenoxy) is 1. The van der Waals surface area contributed by atoms with Crippen molar-refractivity contribution >= 4 is 27.3 Å². The van der Waals surface area contributed by atoms with Crippen LogP contribution in [-0.2, 0) is 20.3 Å². The van der Waals surface area contributed by atoms with Crippen LogP contribution in [-0.4, -0.2) is 39.5 Å². The second kappa shape index (κ2) is 10.9. The Hall–Kier alpha value is -3.44. The van der Waals surface area contributed by atoms with Crippen LogP contribution in [0.1, 0.15) is 19.4 Å². The van der Waals surface area contributed by atoms with E-state index in [-0.39, 0.29) is 28.8 Å². The number of nitrogens with zero attached hydrogens (tertiary/aromatic N) is 3. The molecule has 0 aliphatic rings. The third kappa shape index (κ3) is 6.80. The number of carbonyl (C=O) groups excluding carboxylic acids is 1. The van der Waals surface area contributed by atoms with Crippen LogP contribution in [0.5, 0.6) is 5.75 Å². The van der Waals surface area contributed by atoms with Crippen LogP contribution in [0.3, 0.4) is 0 Å². The molecule has 11 heteroatoms. The fourth-order valence-corrected chi connectivity index (χ4v) is 4.61. The zero-order valence-corrected chi connectivity index (χ0v) is 20.6. The highest BCUT2D eigenvalue weighted by Crippen LogP contribution is 2.33. The second-order valence-corrected chi connectivity index (χ2v) is 10.8. The Morgan fingerprint density at radius 3 is 2.54 bits per heavy atom. The molecule has 0 aliphatic heterocycles. The molecule has 0 bridgehead atoms. The van der Waals surface area contributed by atoms with E-state index < -0.39 is 33.3 Å². The molecule has 2 aromatic heterocycles. The predicted molar refractivity (Wildman–Crippen MR) is 132 cm³/mol. The lowest BCUT2D eigenvalue weighted by molar-refractivity contribution is -0.119. The molecule has 1 amide bonds. The molecule has 35 heavy (non-hydrogen) atoms. The highest BCUT2D eigenvalue weighted by atomic mass is 32.2. The van der Waals surface area contributed by atoms with E-state index in [9.17, 15) is 17.8 Å². The van der Waals surface area contributed by atoms with E-state index in [0.29, 0.717) is 16.9 Å². The largest absolute Gasteiger partial charge is 0.496 e. The van der Waals surface area contributed by atoms with Gasteiger partial charge >= 0.3 is 0 Å². The molecule has 0 spiro atoms. The molecule has 0 fully saturated rings. The first kappa shape index (κ1) is 26.2. The number of hydrogen-bond acceptors (Lipinski definition) is 7. The molecule has 0 saturated heterocycles. The molecule has 2 atom stereocenters. The first-order valence-electron chi connectivity index (χ1n) is 10.7. The van der Waals surface area contributed by atoms with Gasteiger partial charge in [0.2, 0.25) is 0 Å². The first-order valence-corrected chi connectivity index (χ1v) is 12.8. The average Bonchev–Trinajstić information content (AvgIpc) is 2.79. The van der Waals surface area contributed by atoms with Crippen molar-refractivity contribution in [1.29, 1.82) is 0 Å². The van der Waals surface area contributed by atoms with Gasteiger partial charge in [0.05, 0.1) is 34.8 Å². The average molecular weight is 504 g/mol. The van der Waals surface area contributed by atoms with Gasteiger partial charge in [0.25, 0.3) is 5.91 Å². The summed E-state index contributed by atoms with van der Waals surface area (Å²) in [5.41, 5.74) is 6.94. The van der Waals surface area contributed by atoms with E-state index in [2.05, 4.69) is 19.6 Å². The van der Waals surface area contributed by atoms with E-state index in [1.165, 1.54) is 43.8 Å². The van der Waals surface area contributed by atoms with Crippen LogP contribution in [0.4, 0.5) is 20.4 Å². The third-order valence-electron chi connectivity index (χ3n) is 5.11. The summed E-state index contributed by atoms with van der Waals surface area (Å²) in [4.78, 5) is 20.4. The minimum Gasteiger partial charge on any atom is -0.496 e. The number of nitrogens with one attached hydrogen (secondary N) is 1. The van der Waals surface area contributed by atoms with Crippen LogP contribution < -0.4 is 15.8 Å². The van der Waals surface area contributed by atoms with Gasteiger partial charge in [0, 0.05) is 29.6 Å². The second-order valence-electron chi connectivity index (χ2n) is 8.37. The quantitative estimate of drug-likeness (QED) is 0.471. The topological polar surface area (TPSA) is 120 Å². The van der Waals surface area contributed by atoms with Gasteiger partial charge in [-0.3, -0.25) is 4.79 Å². The summed E-state index contributed by atoms with van der Waals surface area (Å²) in [7, 11) is -1.51. The Balaban J connectivity index is 1.85. The van der Waals surface area contributed by atoms with Crippen molar-refractivity contribution in [3.05, 3.63) is 66.0 Å². The number of aromatic nitrogens is 2. The molecule has 8 nitrogen and oxygen atoms in total. The predicted octanol–water partition coefficient (Wildman–Crippen LogP) is 4.28. The van der Waals surface area contributed by atoms with Crippen LogP contribution in [0.2, 0.25) is 0 Å². The number of pyridine rings is 2. The first-order chi connectivity index (χ1) is 16.5. The van der Waals surface area contributed by atoms with Gasteiger partial charge in [-0.25, -0.2) is 23.0 Å². The van der Waals surface area contributed by atoms with Gasteiger partial charge in [0.15, 0.2) is 0 Å². The summed E-state index contributed by atoms with van der Waals surface area (Å²) >= 11 is 0. The van der Waals surface area contributed by atoms with Crippen molar-refractivity contribution in [2.24, 2.45) is 16.0 Å². The maximum absolute atomic E-state index is 14.5. The summed E-state index contributed by atoms with van der Waals surface area (Å²) in [6.07, 6.45) is 3.93. The van der Waals surface area contributed by atoms with E-state index in [0.717, 1.165) is 6.20 Å². The van der Waals surface area contributed by atoms with Gasteiger partial charge in [-0.2, -0.15) is 4.36 Å². The number of halogens is 2. The molecule has 3 N–H and O–H groups in total. The summed E-state index contributed by atoms with van der Waals surface area (Å²) in [5.74, 6) is -1.02. The van der Waals surface area contributed by atoms with Crippen molar-refractivity contribution in [2.45, 2.75) is 25.6 Å². The van der Waals surface area contributed by atoms with Crippen LogP contribution in [0.25, 0.3) is 11.1 Å². The van der Waals surface area contributed by atoms with Gasteiger partial charge in [0.1, 0.15) is 29.0 Å². The van der Waals surface area contributed by atoms with Crippen molar-refractivity contribution in [3.63, 3.8) is 0 Å². The highest BCUT2D eigenvalue weighted by molar-refractivity contribution is 7.92. The van der Waals surface area contributed by atoms with Crippen LogP contribution >= 0.6 is 0 Å². The van der Waals surface area contributed by atoms with Crippen LogP contribution in [0.15, 0.2) is 53.2 Å². The van der Waals surface area contributed by atoms with E-state index >= 15 is 0 Å². The molecule has 0 aliphatic carbocycles. The Labute approximate surface area is 203 Å². The van der Waals surface area contributed by atoms with Crippen molar-refractivity contribution in [1.82, 2.24) is 9.97 Å². The number of anilines is 2. The molecule has 0 radical (unpaired) electrons. The Morgan fingerprint density at radius 1 is 1.14 bits per heavy atom. The molecule has 2 heterocycles. The number of benzene rings is 1. The number of methoxy groups -OCH3 is 1. The zero-order chi connectivity index (χ0) is 25.8. The molecular formula is C24H27F2N5O3S. The lowest BCUT2D eigenvalue weighted by Gasteiger charge is -2.13. The van der Waals surface area contributed by atoms with Gasteiger partial charge in [-0.05, 0) is 41.8 Å². The minimum atomic E-state index is -2.88. The fourth-order valence-electron chi connectivity index (χ4n) is 3.24. The van der Waals surface area contributed by atoms with E-state index in [1.807, 2.05) is 0 Å². The number of amides is 1. The SMILES string of the molecule is COc1cc(F)ccc1-c1cc(Nc2cc(C[S@](C)(=O)=NC(=O)[C@@H](N)C(C)C)ccn2)ncc1F. The number of nitrogens with two attached hydrogens (primary N) is 1. The number of carbonyl (C=O) groups is 1. The lowest BCUT2D eigenvalue weighted by Crippen LogP contribution is -2.34. The highest BCUT2D eigenvalue weighted by Gasteiger charge is 2.19. The number of hydrogen-bond donors (Lipinski definition) is 2. The van der Waals surface area contributed by atoms with Crippen LogP contribution in [0, 0.1) is 17.6 Å². The Morgan fingerprint density at radius 2 is 1.86 bits per heavy atom. The smallest absolute Gasteiger partial charge is 0.270 e. The molecule has 3 rings (SSSR count). The van der Waals surface area contributed by atoms with Crippen molar-refractivity contribution in [2.75, 3.05) is 18.7 Å². The van der Waals surface area contributed by atoms with E-state index in [1.54, 1.807) is 26.0 Å². The molecule has 1 aromatic carbocycles. The van der Waals surface area contributed by atoms with Crippen molar-refractivity contribution < 1.29 is 22.5 Å². The van der Waals surface area contributed by atoms with Gasteiger partial charge in [-0.1, -0.05) is 13.8 Å². The Bertz CT molecular complexity index is 1360. The number of rotatable bonds is 8. The minimum absolute atomic E-state index is 0.00955. The maximum atomic E-state index is 14.5. The third-order valence-corrected chi connectivity index (χ3v) is 6.55. The van der Waals surface area contributed by atoms with Crippen molar-refractivity contribution in [3.8, 4) is 16.9 Å². The summed E-state index contributed by atoms with van der Waals surface area (Å²) in [6, 6.07) is 7.72. The molecule has 186 valence electrons. The van der Waals surface area contributed by atoms with E-state index in [4.69, 9.17) is 10.5 Å². The summed E-state index contributed by atoms with van der Waals surface area (Å²) < 4.78 is 50.0. The summed E-state index contributed by atoms with van der Waals surface area (Å²) in [6.45, 7) is 3.58.